The lowest BCUT2D eigenvalue weighted by Gasteiger charge is -2.38. The molecule has 1 aromatic rings. The molecule has 4 heteroatoms. The Bertz CT molecular complexity index is 317. The highest BCUT2D eigenvalue weighted by Gasteiger charge is 2.35. The molecule has 1 aromatic heterocycles. The predicted octanol–water partition coefficient (Wildman–Crippen LogP) is 2.09. The standard InChI is InChI=1S/C9H12BrNO2/c1-6-3-7(10)12-8(6)13-9(2)4-11-5-9/h3,11H,4-5H2,1-2H3. The van der Waals surface area contributed by atoms with Gasteiger partial charge in [0.1, 0.15) is 5.60 Å². The molecule has 0 radical (unpaired) electrons. The first kappa shape index (κ1) is 9.09. The molecule has 0 aliphatic carbocycles. The Balaban J connectivity index is 2.12. The first-order valence-electron chi connectivity index (χ1n) is 4.25. The van der Waals surface area contributed by atoms with Crippen molar-refractivity contribution in [2.75, 3.05) is 13.1 Å². The van der Waals surface area contributed by atoms with Crippen LogP contribution in [0.5, 0.6) is 5.95 Å². The fourth-order valence-corrected chi connectivity index (χ4v) is 1.79. The molecule has 3 nitrogen and oxygen atoms in total. The molecule has 1 fully saturated rings. The van der Waals surface area contributed by atoms with Crippen molar-refractivity contribution in [2.45, 2.75) is 19.4 Å². The summed E-state index contributed by atoms with van der Waals surface area (Å²) in [6.45, 7) is 5.80. The zero-order valence-corrected chi connectivity index (χ0v) is 9.27. The summed E-state index contributed by atoms with van der Waals surface area (Å²) in [6, 6.07) is 1.91. The van der Waals surface area contributed by atoms with Gasteiger partial charge in [-0.05, 0) is 35.8 Å². The highest BCUT2D eigenvalue weighted by molar-refractivity contribution is 9.10. The number of ether oxygens (including phenoxy) is 1. The Labute approximate surface area is 85.6 Å². The number of nitrogens with one attached hydrogen (secondary N) is 1. The second kappa shape index (κ2) is 3.03. The van der Waals surface area contributed by atoms with E-state index in [1.54, 1.807) is 0 Å². The summed E-state index contributed by atoms with van der Waals surface area (Å²) in [5.74, 6) is 0.621. The fraction of sp³-hybridized carbons (Fsp3) is 0.556. The largest absolute Gasteiger partial charge is 0.456 e. The number of aryl methyl sites for hydroxylation is 1. The molecule has 0 bridgehead atoms. The van der Waals surface area contributed by atoms with Gasteiger partial charge < -0.3 is 14.5 Å². The summed E-state index contributed by atoms with van der Waals surface area (Å²) in [5.41, 5.74) is 0.933. The smallest absolute Gasteiger partial charge is 0.289 e. The second-order valence-electron chi connectivity index (χ2n) is 3.68. The van der Waals surface area contributed by atoms with E-state index in [0.717, 1.165) is 23.3 Å². The van der Waals surface area contributed by atoms with Gasteiger partial charge in [0.05, 0.1) is 0 Å². The lowest BCUT2D eigenvalue weighted by atomic mass is 10.0. The minimum atomic E-state index is -0.0952. The van der Waals surface area contributed by atoms with E-state index < -0.39 is 0 Å². The summed E-state index contributed by atoms with van der Waals surface area (Å²) in [4.78, 5) is 0. The molecule has 1 N–H and O–H groups in total. The van der Waals surface area contributed by atoms with Gasteiger partial charge in [-0.15, -0.1) is 0 Å². The van der Waals surface area contributed by atoms with Crippen LogP contribution in [0, 0.1) is 6.92 Å². The van der Waals surface area contributed by atoms with Gasteiger partial charge in [-0.3, -0.25) is 0 Å². The topological polar surface area (TPSA) is 34.4 Å². The molecule has 72 valence electrons. The Hall–Kier alpha value is -0.480. The Morgan fingerprint density at radius 3 is 2.69 bits per heavy atom. The van der Waals surface area contributed by atoms with E-state index in [9.17, 15) is 0 Å². The van der Waals surface area contributed by atoms with Crippen molar-refractivity contribution in [1.82, 2.24) is 5.32 Å². The number of rotatable bonds is 2. The van der Waals surface area contributed by atoms with Gasteiger partial charge in [-0.25, -0.2) is 0 Å². The van der Waals surface area contributed by atoms with Gasteiger partial charge in [0.2, 0.25) is 0 Å². The molecule has 2 heterocycles. The Morgan fingerprint density at radius 1 is 1.62 bits per heavy atom. The van der Waals surface area contributed by atoms with Crippen LogP contribution in [0.15, 0.2) is 15.2 Å². The average molecular weight is 246 g/mol. The van der Waals surface area contributed by atoms with Crippen molar-refractivity contribution >= 4 is 15.9 Å². The van der Waals surface area contributed by atoms with Gasteiger partial charge in [0.25, 0.3) is 5.95 Å². The summed E-state index contributed by atoms with van der Waals surface area (Å²) in [5, 5.41) is 3.17. The Morgan fingerprint density at radius 2 is 2.31 bits per heavy atom. The van der Waals surface area contributed by atoms with Gasteiger partial charge in [0.15, 0.2) is 4.67 Å². The summed E-state index contributed by atoms with van der Waals surface area (Å²) in [7, 11) is 0. The number of furan rings is 1. The lowest BCUT2D eigenvalue weighted by Crippen LogP contribution is -2.61. The third-order valence-electron chi connectivity index (χ3n) is 2.18. The van der Waals surface area contributed by atoms with Gasteiger partial charge in [-0.1, -0.05) is 0 Å². The maximum absolute atomic E-state index is 5.73. The van der Waals surface area contributed by atoms with E-state index in [2.05, 4.69) is 28.2 Å². The zero-order chi connectivity index (χ0) is 9.47. The summed E-state index contributed by atoms with van der Waals surface area (Å²) in [6.07, 6.45) is 0. The minimum Gasteiger partial charge on any atom is -0.456 e. The van der Waals surface area contributed by atoms with Crippen LogP contribution in [0.1, 0.15) is 12.5 Å². The Kier molecular flexibility index (Phi) is 2.12. The van der Waals surface area contributed by atoms with Crippen LogP contribution in [0.25, 0.3) is 0 Å². The van der Waals surface area contributed by atoms with Crippen molar-refractivity contribution < 1.29 is 9.15 Å². The molecule has 13 heavy (non-hydrogen) atoms. The molecule has 0 spiro atoms. The van der Waals surface area contributed by atoms with Crippen LogP contribution in [-0.4, -0.2) is 18.7 Å². The quantitative estimate of drug-likeness (QED) is 0.867. The normalized spacial score (nSPS) is 19.6. The summed E-state index contributed by atoms with van der Waals surface area (Å²) >= 11 is 3.27. The molecule has 0 aromatic carbocycles. The molecule has 0 amide bonds. The SMILES string of the molecule is Cc1cc(Br)oc1OC1(C)CNC1. The average Bonchev–Trinajstić information content (AvgIpc) is 2.27. The fourth-order valence-electron chi connectivity index (χ4n) is 1.30. The molecule has 0 unspecified atom stereocenters. The molecule has 1 saturated heterocycles. The van der Waals surface area contributed by atoms with Crippen LogP contribution in [0.4, 0.5) is 0 Å². The van der Waals surface area contributed by atoms with E-state index in [1.165, 1.54) is 0 Å². The molecular formula is C9H12BrNO2. The van der Waals surface area contributed by atoms with Crippen LogP contribution in [0.2, 0.25) is 0 Å². The zero-order valence-electron chi connectivity index (χ0n) is 7.69. The van der Waals surface area contributed by atoms with Crippen molar-refractivity contribution in [2.24, 2.45) is 0 Å². The van der Waals surface area contributed by atoms with Gasteiger partial charge >= 0.3 is 0 Å². The van der Waals surface area contributed by atoms with E-state index in [1.807, 2.05) is 13.0 Å². The van der Waals surface area contributed by atoms with Crippen LogP contribution in [-0.2, 0) is 0 Å². The highest BCUT2D eigenvalue weighted by Crippen LogP contribution is 2.30. The van der Waals surface area contributed by atoms with E-state index in [0.29, 0.717) is 5.95 Å². The van der Waals surface area contributed by atoms with Crippen LogP contribution < -0.4 is 10.1 Å². The molecule has 2 rings (SSSR count). The minimum absolute atomic E-state index is 0.0952. The first-order chi connectivity index (χ1) is 6.09. The van der Waals surface area contributed by atoms with E-state index in [-0.39, 0.29) is 5.60 Å². The molecule has 1 aliphatic heterocycles. The molecule has 0 atom stereocenters. The molecular weight excluding hydrogens is 234 g/mol. The van der Waals surface area contributed by atoms with Crippen molar-refractivity contribution in [3.8, 4) is 5.95 Å². The number of halogens is 1. The lowest BCUT2D eigenvalue weighted by molar-refractivity contribution is 0.0118. The maximum Gasteiger partial charge on any atom is 0.289 e. The maximum atomic E-state index is 5.73. The third-order valence-corrected chi connectivity index (χ3v) is 2.57. The molecule has 0 saturated carbocycles. The highest BCUT2D eigenvalue weighted by atomic mass is 79.9. The number of hydrogen-bond donors (Lipinski definition) is 1. The second-order valence-corrected chi connectivity index (χ2v) is 4.46. The van der Waals surface area contributed by atoms with E-state index >= 15 is 0 Å². The monoisotopic (exact) mass is 245 g/mol. The van der Waals surface area contributed by atoms with Gasteiger partial charge in [0, 0.05) is 18.7 Å². The van der Waals surface area contributed by atoms with Crippen molar-refractivity contribution in [1.29, 1.82) is 0 Å². The molecule has 1 aliphatic rings. The van der Waals surface area contributed by atoms with Crippen molar-refractivity contribution in [3.05, 3.63) is 16.3 Å². The van der Waals surface area contributed by atoms with Crippen LogP contribution >= 0.6 is 15.9 Å². The first-order valence-corrected chi connectivity index (χ1v) is 5.04. The predicted molar refractivity (Wildman–Crippen MR) is 53.0 cm³/mol. The summed E-state index contributed by atoms with van der Waals surface area (Å²) < 4.78 is 11.8. The number of hydrogen-bond acceptors (Lipinski definition) is 3. The third kappa shape index (κ3) is 1.74. The van der Waals surface area contributed by atoms with Crippen molar-refractivity contribution in [3.63, 3.8) is 0 Å². The van der Waals surface area contributed by atoms with Gasteiger partial charge in [-0.2, -0.15) is 0 Å². The van der Waals surface area contributed by atoms with Crippen LogP contribution in [0.3, 0.4) is 0 Å². The van der Waals surface area contributed by atoms with E-state index in [4.69, 9.17) is 9.15 Å².